The van der Waals surface area contributed by atoms with Crippen molar-refractivity contribution in [3.8, 4) is 0 Å². The average Bonchev–Trinajstić information content (AvgIpc) is 3.13. The molecule has 0 fully saturated rings. The third kappa shape index (κ3) is 4.21. The molecule has 5 aromatic rings. The maximum atomic E-state index is 13.2. The first-order valence-corrected chi connectivity index (χ1v) is 10.8. The lowest BCUT2D eigenvalue weighted by molar-refractivity contribution is 0.0956. The maximum Gasteiger partial charge on any atom is 0.257 e. The Hall–Kier alpha value is -4.59. The number of anilines is 1. The summed E-state index contributed by atoms with van der Waals surface area (Å²) in [5.74, 6) is -0.561. The fraction of sp³-hybridized carbons (Fsp3) is 0.0769. The van der Waals surface area contributed by atoms with Crippen molar-refractivity contribution >= 4 is 40.1 Å². The van der Waals surface area contributed by atoms with Crippen molar-refractivity contribution in [1.29, 1.82) is 0 Å². The van der Waals surface area contributed by atoms with E-state index in [1.807, 2.05) is 54.6 Å². The summed E-state index contributed by atoms with van der Waals surface area (Å²) in [4.78, 5) is 22.5. The SMILES string of the molecule is Nc1c(C(=O)NCCc2ccccc2)c2nc3ccccc3nc2n1N=Cc1ccc(F)cc1. The van der Waals surface area contributed by atoms with Crippen molar-refractivity contribution in [2.24, 2.45) is 5.10 Å². The predicted octanol–water partition coefficient (Wildman–Crippen LogP) is 4.16. The van der Waals surface area contributed by atoms with E-state index in [4.69, 9.17) is 5.73 Å². The molecule has 3 aromatic carbocycles. The number of hydrogen-bond acceptors (Lipinski definition) is 5. The second kappa shape index (κ2) is 9.11. The largest absolute Gasteiger partial charge is 0.383 e. The van der Waals surface area contributed by atoms with Gasteiger partial charge < -0.3 is 11.1 Å². The van der Waals surface area contributed by atoms with Crippen LogP contribution in [0.4, 0.5) is 10.2 Å². The van der Waals surface area contributed by atoms with Gasteiger partial charge in [0.15, 0.2) is 5.65 Å². The Bertz CT molecular complexity index is 1510. The number of aromatic nitrogens is 3. The molecule has 0 atom stereocenters. The molecule has 34 heavy (non-hydrogen) atoms. The molecule has 0 bridgehead atoms. The Labute approximate surface area is 194 Å². The molecular formula is C26H21FN6O. The highest BCUT2D eigenvalue weighted by Gasteiger charge is 2.23. The minimum atomic E-state index is -0.348. The zero-order valence-electron chi connectivity index (χ0n) is 18.1. The number of nitrogens with one attached hydrogen (secondary N) is 1. The van der Waals surface area contributed by atoms with Crippen LogP contribution in [0.3, 0.4) is 0 Å². The van der Waals surface area contributed by atoms with Gasteiger partial charge in [-0.1, -0.05) is 54.6 Å². The van der Waals surface area contributed by atoms with Gasteiger partial charge in [-0.3, -0.25) is 4.79 Å². The third-order valence-electron chi connectivity index (χ3n) is 5.44. The van der Waals surface area contributed by atoms with Gasteiger partial charge in [-0.25, -0.2) is 14.4 Å². The first kappa shape index (κ1) is 21.3. The predicted molar refractivity (Wildman–Crippen MR) is 131 cm³/mol. The highest BCUT2D eigenvalue weighted by Crippen LogP contribution is 2.27. The van der Waals surface area contributed by atoms with E-state index in [9.17, 15) is 9.18 Å². The van der Waals surface area contributed by atoms with Crippen LogP contribution < -0.4 is 11.1 Å². The van der Waals surface area contributed by atoms with Gasteiger partial charge >= 0.3 is 0 Å². The average molecular weight is 452 g/mol. The second-order valence-electron chi connectivity index (χ2n) is 7.74. The molecule has 2 heterocycles. The number of fused-ring (bicyclic) bond motifs is 2. The smallest absolute Gasteiger partial charge is 0.257 e. The van der Waals surface area contributed by atoms with Crippen molar-refractivity contribution in [3.63, 3.8) is 0 Å². The summed E-state index contributed by atoms with van der Waals surface area (Å²) in [6.07, 6.45) is 2.21. The topological polar surface area (TPSA) is 98.2 Å². The van der Waals surface area contributed by atoms with Gasteiger partial charge in [0.25, 0.3) is 5.91 Å². The van der Waals surface area contributed by atoms with Crippen LogP contribution in [0.1, 0.15) is 21.5 Å². The zero-order chi connectivity index (χ0) is 23.5. The summed E-state index contributed by atoms with van der Waals surface area (Å²) in [7, 11) is 0. The highest BCUT2D eigenvalue weighted by atomic mass is 19.1. The van der Waals surface area contributed by atoms with Crippen LogP contribution in [0, 0.1) is 5.82 Å². The van der Waals surface area contributed by atoms with E-state index in [2.05, 4.69) is 20.4 Å². The van der Waals surface area contributed by atoms with Crippen molar-refractivity contribution in [2.75, 3.05) is 12.3 Å². The van der Waals surface area contributed by atoms with Gasteiger partial charge in [0.2, 0.25) is 0 Å². The van der Waals surface area contributed by atoms with E-state index in [0.717, 1.165) is 5.56 Å². The van der Waals surface area contributed by atoms with E-state index < -0.39 is 0 Å². The number of nitrogens with two attached hydrogens (primary N) is 1. The van der Waals surface area contributed by atoms with Crippen LogP contribution in [0.5, 0.6) is 0 Å². The fourth-order valence-corrected chi connectivity index (χ4v) is 3.71. The van der Waals surface area contributed by atoms with Crippen LogP contribution in [0.15, 0.2) is 84.0 Å². The number of para-hydroxylation sites is 2. The number of rotatable bonds is 6. The lowest BCUT2D eigenvalue weighted by Crippen LogP contribution is -2.26. The summed E-state index contributed by atoms with van der Waals surface area (Å²) in [5, 5.41) is 7.36. The van der Waals surface area contributed by atoms with Crippen LogP contribution in [0.25, 0.3) is 22.2 Å². The van der Waals surface area contributed by atoms with Gasteiger partial charge in [-0.15, -0.1) is 0 Å². The summed E-state index contributed by atoms with van der Waals surface area (Å²) in [5.41, 5.74) is 10.4. The second-order valence-corrected chi connectivity index (χ2v) is 7.74. The Morgan fingerprint density at radius 2 is 1.65 bits per heavy atom. The van der Waals surface area contributed by atoms with E-state index in [-0.39, 0.29) is 23.1 Å². The Morgan fingerprint density at radius 1 is 0.971 bits per heavy atom. The molecule has 2 aromatic heterocycles. The molecule has 0 saturated carbocycles. The number of carbonyl (C=O) groups excluding carboxylic acids is 1. The summed E-state index contributed by atoms with van der Waals surface area (Å²) in [6.45, 7) is 0.439. The van der Waals surface area contributed by atoms with Crippen molar-refractivity contribution in [2.45, 2.75) is 6.42 Å². The Morgan fingerprint density at radius 3 is 2.38 bits per heavy atom. The molecular weight excluding hydrogens is 431 g/mol. The molecule has 0 spiro atoms. The minimum absolute atomic E-state index is 0.126. The molecule has 3 N–H and O–H groups in total. The van der Waals surface area contributed by atoms with Crippen molar-refractivity contribution in [1.82, 2.24) is 20.0 Å². The van der Waals surface area contributed by atoms with Gasteiger partial charge in [0, 0.05) is 6.54 Å². The van der Waals surface area contributed by atoms with Crippen LogP contribution >= 0.6 is 0 Å². The first-order valence-electron chi connectivity index (χ1n) is 10.8. The number of carbonyl (C=O) groups is 1. The number of amides is 1. The molecule has 0 aliphatic rings. The zero-order valence-corrected chi connectivity index (χ0v) is 18.1. The number of hydrogen-bond donors (Lipinski definition) is 2. The number of benzene rings is 3. The molecule has 7 nitrogen and oxygen atoms in total. The molecule has 168 valence electrons. The van der Waals surface area contributed by atoms with Gasteiger partial charge in [0.1, 0.15) is 22.7 Å². The number of halogens is 1. The lowest BCUT2D eigenvalue weighted by Gasteiger charge is -2.05. The molecule has 8 heteroatoms. The van der Waals surface area contributed by atoms with Gasteiger partial charge in [0.05, 0.1) is 17.2 Å². The standard InChI is InChI=1S/C26H21FN6O/c27-19-12-10-18(11-13-19)16-30-33-24(28)22(26(34)29-15-14-17-6-2-1-3-7-17)23-25(33)32-21-9-5-4-8-20(21)31-23/h1-13,16H,14-15,28H2,(H,29,34). The van der Waals surface area contributed by atoms with E-state index in [0.29, 0.717) is 40.7 Å². The van der Waals surface area contributed by atoms with Crippen LogP contribution in [-0.4, -0.2) is 33.3 Å². The molecule has 0 unspecified atom stereocenters. The van der Waals surface area contributed by atoms with Crippen molar-refractivity contribution < 1.29 is 9.18 Å². The summed E-state index contributed by atoms with van der Waals surface area (Å²) < 4.78 is 14.6. The number of nitrogens with zero attached hydrogens (tertiary/aromatic N) is 4. The highest BCUT2D eigenvalue weighted by molar-refractivity contribution is 6.10. The number of nitrogen functional groups attached to an aromatic ring is 1. The van der Waals surface area contributed by atoms with Crippen LogP contribution in [-0.2, 0) is 6.42 Å². The quantitative estimate of drug-likeness (QED) is 0.378. The van der Waals surface area contributed by atoms with E-state index in [1.54, 1.807) is 12.1 Å². The molecule has 1 amide bonds. The third-order valence-corrected chi connectivity index (χ3v) is 5.44. The normalized spacial score (nSPS) is 11.4. The molecule has 0 saturated heterocycles. The molecule has 0 aliphatic carbocycles. The Kier molecular flexibility index (Phi) is 5.70. The van der Waals surface area contributed by atoms with Crippen LogP contribution in [0.2, 0.25) is 0 Å². The fourth-order valence-electron chi connectivity index (χ4n) is 3.71. The van der Waals surface area contributed by atoms with Gasteiger partial charge in [-0.2, -0.15) is 9.78 Å². The minimum Gasteiger partial charge on any atom is -0.383 e. The lowest BCUT2D eigenvalue weighted by atomic mass is 10.1. The molecule has 5 rings (SSSR count). The summed E-state index contributed by atoms with van der Waals surface area (Å²) >= 11 is 0. The maximum absolute atomic E-state index is 13.2. The monoisotopic (exact) mass is 452 g/mol. The van der Waals surface area contributed by atoms with Gasteiger partial charge in [-0.05, 0) is 41.8 Å². The molecule has 0 radical (unpaired) electrons. The van der Waals surface area contributed by atoms with Crippen molar-refractivity contribution in [3.05, 3.63) is 101 Å². The first-order chi connectivity index (χ1) is 16.6. The van der Waals surface area contributed by atoms with E-state index >= 15 is 0 Å². The Balaban J connectivity index is 1.53. The summed E-state index contributed by atoms with van der Waals surface area (Å²) in [6, 6.07) is 23.1. The van der Waals surface area contributed by atoms with E-state index in [1.165, 1.54) is 23.0 Å². The molecule has 0 aliphatic heterocycles.